The summed E-state index contributed by atoms with van der Waals surface area (Å²) in [5, 5.41) is 11.4. The van der Waals surface area contributed by atoms with Crippen molar-refractivity contribution in [2.45, 2.75) is 45.6 Å². The Morgan fingerprint density at radius 2 is 1.48 bits per heavy atom. The lowest BCUT2D eigenvalue weighted by Crippen LogP contribution is -2.23. The van der Waals surface area contributed by atoms with Gasteiger partial charge in [-0.3, -0.25) is 9.59 Å². The van der Waals surface area contributed by atoms with Crippen LogP contribution >= 0.6 is 0 Å². The van der Waals surface area contributed by atoms with E-state index in [0.29, 0.717) is 19.0 Å². The third-order valence-corrected chi connectivity index (χ3v) is 4.31. The lowest BCUT2D eigenvalue weighted by molar-refractivity contribution is -0.138. The molecule has 6 heteroatoms. The second-order valence-corrected chi connectivity index (χ2v) is 7.72. The summed E-state index contributed by atoms with van der Waals surface area (Å²) < 4.78 is 11.8. The normalized spacial score (nSPS) is 11.0. The number of benzene rings is 2. The number of amides is 1. The molecule has 0 atom stereocenters. The highest BCUT2D eigenvalue weighted by atomic mass is 16.5. The molecule has 2 N–H and O–H groups in total. The zero-order valence-corrected chi connectivity index (χ0v) is 17.2. The number of carbonyl (C=O) groups excluding carboxylic acids is 1. The molecule has 0 saturated heterocycles. The molecule has 0 aliphatic rings. The molecule has 0 spiro atoms. The van der Waals surface area contributed by atoms with Crippen LogP contribution in [0.2, 0.25) is 0 Å². The van der Waals surface area contributed by atoms with E-state index in [1.807, 2.05) is 42.5 Å². The molecule has 0 unspecified atom stereocenters. The molecule has 0 aromatic heterocycles. The van der Waals surface area contributed by atoms with E-state index in [2.05, 4.69) is 32.2 Å². The van der Waals surface area contributed by atoms with Gasteiger partial charge in [0.05, 0.1) is 6.42 Å². The predicted octanol–water partition coefficient (Wildman–Crippen LogP) is 3.92. The van der Waals surface area contributed by atoms with Crippen molar-refractivity contribution in [3.8, 4) is 11.5 Å². The molecule has 1 amide bonds. The van der Waals surface area contributed by atoms with Crippen LogP contribution < -0.4 is 14.8 Å². The smallest absolute Gasteiger partial charge is 0.303 e. The summed E-state index contributed by atoms with van der Waals surface area (Å²) in [4.78, 5) is 22.3. The van der Waals surface area contributed by atoms with Gasteiger partial charge in [-0.1, -0.05) is 57.2 Å². The van der Waals surface area contributed by atoms with Gasteiger partial charge in [-0.05, 0) is 23.1 Å². The Morgan fingerprint density at radius 1 is 0.897 bits per heavy atom. The molecule has 2 aromatic rings. The number of aliphatic carboxylic acids is 1. The highest BCUT2D eigenvalue weighted by molar-refractivity contribution is 5.80. The van der Waals surface area contributed by atoms with Gasteiger partial charge < -0.3 is 19.9 Å². The minimum Gasteiger partial charge on any atom is -0.490 e. The molecule has 0 saturated carbocycles. The summed E-state index contributed by atoms with van der Waals surface area (Å²) in [5.41, 5.74) is 1.96. The standard InChI is InChI=1S/C23H29NO5/c1-23(2,3)18-9-5-7-11-20(18)29-15-14-28-19-10-6-4-8-17(19)16-24-21(25)12-13-22(26)27/h4-11H,12-16H2,1-3H3,(H,24,25)(H,26,27). The molecular formula is C23H29NO5. The van der Waals surface area contributed by atoms with Crippen molar-refractivity contribution in [1.82, 2.24) is 5.32 Å². The zero-order chi connectivity index (χ0) is 21.3. The van der Waals surface area contributed by atoms with Crippen molar-refractivity contribution in [2.24, 2.45) is 0 Å². The van der Waals surface area contributed by atoms with Crippen LogP contribution in [0.1, 0.15) is 44.7 Å². The predicted molar refractivity (Wildman–Crippen MR) is 111 cm³/mol. The molecule has 0 aliphatic carbocycles. The molecule has 156 valence electrons. The number of carboxylic acid groups (broad SMARTS) is 1. The highest BCUT2D eigenvalue weighted by Gasteiger charge is 2.18. The molecule has 2 aromatic carbocycles. The fourth-order valence-corrected chi connectivity index (χ4v) is 2.81. The first-order valence-corrected chi connectivity index (χ1v) is 9.69. The monoisotopic (exact) mass is 399 g/mol. The number of carbonyl (C=O) groups is 2. The van der Waals surface area contributed by atoms with Crippen LogP contribution in [0.3, 0.4) is 0 Å². The third-order valence-electron chi connectivity index (χ3n) is 4.31. The Morgan fingerprint density at radius 3 is 2.14 bits per heavy atom. The average molecular weight is 399 g/mol. The Balaban J connectivity index is 1.86. The van der Waals surface area contributed by atoms with E-state index in [0.717, 1.165) is 16.9 Å². The molecule has 0 radical (unpaired) electrons. The minimum atomic E-state index is -0.989. The minimum absolute atomic E-state index is 0.0110. The van der Waals surface area contributed by atoms with Gasteiger partial charge in [0, 0.05) is 18.5 Å². The molecule has 6 nitrogen and oxygen atoms in total. The maximum Gasteiger partial charge on any atom is 0.303 e. The second-order valence-electron chi connectivity index (χ2n) is 7.72. The molecule has 0 aliphatic heterocycles. The maximum atomic E-state index is 11.7. The van der Waals surface area contributed by atoms with Crippen LogP contribution in [0.5, 0.6) is 11.5 Å². The van der Waals surface area contributed by atoms with E-state index in [9.17, 15) is 9.59 Å². The Bertz CT molecular complexity index is 826. The quantitative estimate of drug-likeness (QED) is 0.592. The van der Waals surface area contributed by atoms with Crippen molar-refractivity contribution in [1.29, 1.82) is 0 Å². The third kappa shape index (κ3) is 7.49. The number of hydrogen-bond donors (Lipinski definition) is 2. The van der Waals surface area contributed by atoms with Gasteiger partial charge in [-0.15, -0.1) is 0 Å². The first-order chi connectivity index (χ1) is 13.8. The molecule has 0 fully saturated rings. The largest absolute Gasteiger partial charge is 0.490 e. The van der Waals surface area contributed by atoms with Gasteiger partial charge in [0.25, 0.3) is 0 Å². The maximum absolute atomic E-state index is 11.7. The van der Waals surface area contributed by atoms with E-state index in [1.54, 1.807) is 0 Å². The van der Waals surface area contributed by atoms with Crippen molar-refractivity contribution >= 4 is 11.9 Å². The Labute approximate surface area is 171 Å². The van der Waals surface area contributed by atoms with E-state index in [1.165, 1.54) is 0 Å². The number of carboxylic acids is 1. The molecule has 2 rings (SSSR count). The number of hydrogen-bond acceptors (Lipinski definition) is 4. The fraction of sp³-hybridized carbons (Fsp3) is 0.391. The fourth-order valence-electron chi connectivity index (χ4n) is 2.81. The van der Waals surface area contributed by atoms with Gasteiger partial charge in [0.2, 0.25) is 5.91 Å². The van der Waals surface area contributed by atoms with Crippen molar-refractivity contribution < 1.29 is 24.2 Å². The summed E-state index contributed by atoms with van der Waals surface area (Å²) in [6.45, 7) is 7.48. The molecular weight excluding hydrogens is 370 g/mol. The van der Waals surface area contributed by atoms with E-state index in [4.69, 9.17) is 14.6 Å². The van der Waals surface area contributed by atoms with Crippen LogP contribution in [0.4, 0.5) is 0 Å². The van der Waals surface area contributed by atoms with Crippen LogP contribution in [0, 0.1) is 0 Å². The van der Waals surface area contributed by atoms with E-state index in [-0.39, 0.29) is 30.7 Å². The Hall–Kier alpha value is -3.02. The van der Waals surface area contributed by atoms with Crippen LogP contribution in [0.25, 0.3) is 0 Å². The number of rotatable bonds is 10. The van der Waals surface area contributed by atoms with Gasteiger partial charge >= 0.3 is 5.97 Å². The SMILES string of the molecule is CC(C)(C)c1ccccc1OCCOc1ccccc1CNC(=O)CCC(=O)O. The van der Waals surface area contributed by atoms with Gasteiger partial charge in [0.1, 0.15) is 24.7 Å². The van der Waals surface area contributed by atoms with Gasteiger partial charge in [-0.25, -0.2) is 0 Å². The Kier molecular flexibility index (Phi) is 8.07. The van der Waals surface area contributed by atoms with Crippen LogP contribution in [-0.4, -0.2) is 30.2 Å². The lowest BCUT2D eigenvalue weighted by atomic mass is 9.86. The lowest BCUT2D eigenvalue weighted by Gasteiger charge is -2.22. The first-order valence-electron chi connectivity index (χ1n) is 9.69. The van der Waals surface area contributed by atoms with E-state index >= 15 is 0 Å². The summed E-state index contributed by atoms with van der Waals surface area (Å²) in [5.74, 6) is 0.225. The van der Waals surface area contributed by atoms with Gasteiger partial charge in [0.15, 0.2) is 0 Å². The first kappa shape index (κ1) is 22.3. The highest BCUT2D eigenvalue weighted by Crippen LogP contribution is 2.30. The van der Waals surface area contributed by atoms with Crippen molar-refractivity contribution in [2.75, 3.05) is 13.2 Å². The second kappa shape index (κ2) is 10.5. The molecule has 29 heavy (non-hydrogen) atoms. The zero-order valence-electron chi connectivity index (χ0n) is 17.2. The summed E-state index contributed by atoms with van der Waals surface area (Å²) >= 11 is 0. The van der Waals surface area contributed by atoms with Crippen LogP contribution in [-0.2, 0) is 21.5 Å². The van der Waals surface area contributed by atoms with Gasteiger partial charge in [-0.2, -0.15) is 0 Å². The van der Waals surface area contributed by atoms with E-state index < -0.39 is 5.97 Å². The summed E-state index contributed by atoms with van der Waals surface area (Å²) in [6, 6.07) is 15.4. The van der Waals surface area contributed by atoms with Crippen molar-refractivity contribution in [3.05, 3.63) is 59.7 Å². The summed E-state index contributed by atoms with van der Waals surface area (Å²) in [6.07, 6.45) is -0.225. The number of para-hydroxylation sites is 2. The average Bonchev–Trinajstić information content (AvgIpc) is 2.68. The number of ether oxygens (including phenoxy) is 2. The molecule has 0 bridgehead atoms. The van der Waals surface area contributed by atoms with Crippen molar-refractivity contribution in [3.63, 3.8) is 0 Å². The molecule has 0 heterocycles. The summed E-state index contributed by atoms with van der Waals surface area (Å²) in [7, 11) is 0. The number of nitrogens with one attached hydrogen (secondary N) is 1. The van der Waals surface area contributed by atoms with Crippen LogP contribution in [0.15, 0.2) is 48.5 Å². The topological polar surface area (TPSA) is 84.9 Å².